The van der Waals surface area contributed by atoms with Crippen LogP contribution in [0.15, 0.2) is 48.5 Å². The number of ether oxygens (including phenoxy) is 1. The Bertz CT molecular complexity index is 730. The van der Waals surface area contributed by atoms with Crippen LogP contribution in [0.5, 0.6) is 0 Å². The number of anilines is 1. The Morgan fingerprint density at radius 3 is 2.28 bits per heavy atom. The minimum absolute atomic E-state index is 0.0844. The summed E-state index contributed by atoms with van der Waals surface area (Å²) in [6.45, 7) is 4.19. The zero-order valence-corrected chi connectivity index (χ0v) is 15.2. The summed E-state index contributed by atoms with van der Waals surface area (Å²) in [5.41, 5.74) is 2.84. The molecule has 1 N–H and O–H groups in total. The van der Waals surface area contributed by atoms with E-state index in [2.05, 4.69) is 11.2 Å². The molecular formula is C21H22ClNO2. The van der Waals surface area contributed by atoms with Gasteiger partial charge in [-0.3, -0.25) is 0 Å². The van der Waals surface area contributed by atoms with Crippen LogP contribution in [0.25, 0.3) is 0 Å². The molecule has 130 valence electrons. The minimum Gasteiger partial charge on any atom is -0.459 e. The third kappa shape index (κ3) is 5.85. The van der Waals surface area contributed by atoms with Crippen LogP contribution in [0.1, 0.15) is 25.0 Å². The smallest absolute Gasteiger partial charge is 0.329 e. The quantitative estimate of drug-likeness (QED) is 0.578. The van der Waals surface area contributed by atoms with Gasteiger partial charge in [-0.15, -0.1) is 12.3 Å². The molecule has 2 rings (SSSR count). The Hall–Kier alpha value is -2.44. The van der Waals surface area contributed by atoms with Crippen LogP contribution in [0.2, 0.25) is 5.02 Å². The van der Waals surface area contributed by atoms with E-state index in [0.29, 0.717) is 11.4 Å². The number of halogens is 1. The van der Waals surface area contributed by atoms with E-state index in [1.165, 1.54) is 0 Å². The largest absolute Gasteiger partial charge is 0.459 e. The SMILES string of the molecule is C#CCc1ccc(COC(=O)[C@@H](Nc2ccc(Cl)cc2)C(C)C)cc1. The summed E-state index contributed by atoms with van der Waals surface area (Å²) in [6, 6.07) is 14.6. The molecular weight excluding hydrogens is 334 g/mol. The number of terminal acetylenes is 1. The van der Waals surface area contributed by atoms with Crippen molar-refractivity contribution >= 4 is 23.3 Å². The van der Waals surface area contributed by atoms with Crippen molar-refractivity contribution < 1.29 is 9.53 Å². The molecule has 2 aromatic carbocycles. The van der Waals surface area contributed by atoms with E-state index in [-0.39, 0.29) is 18.5 Å². The van der Waals surface area contributed by atoms with E-state index in [4.69, 9.17) is 22.8 Å². The fourth-order valence-corrected chi connectivity index (χ4v) is 2.46. The van der Waals surface area contributed by atoms with E-state index in [1.54, 1.807) is 12.1 Å². The van der Waals surface area contributed by atoms with Crippen molar-refractivity contribution in [2.24, 2.45) is 5.92 Å². The van der Waals surface area contributed by atoms with Gasteiger partial charge in [0, 0.05) is 17.1 Å². The molecule has 0 heterocycles. The maximum Gasteiger partial charge on any atom is 0.329 e. The molecule has 0 aliphatic heterocycles. The average molecular weight is 356 g/mol. The molecule has 0 unspecified atom stereocenters. The topological polar surface area (TPSA) is 38.3 Å². The number of carbonyl (C=O) groups is 1. The molecule has 0 amide bonds. The molecule has 0 aliphatic carbocycles. The lowest BCUT2D eigenvalue weighted by molar-refractivity contribution is -0.146. The predicted octanol–water partition coefficient (Wildman–Crippen LogP) is 4.70. The van der Waals surface area contributed by atoms with Gasteiger partial charge in [-0.25, -0.2) is 4.79 Å². The molecule has 1 atom stereocenters. The van der Waals surface area contributed by atoms with Crippen molar-refractivity contribution in [1.82, 2.24) is 0 Å². The first-order valence-electron chi connectivity index (χ1n) is 8.19. The van der Waals surface area contributed by atoms with Gasteiger partial charge in [0.1, 0.15) is 12.6 Å². The van der Waals surface area contributed by atoms with E-state index < -0.39 is 6.04 Å². The third-order valence-electron chi connectivity index (χ3n) is 3.80. The van der Waals surface area contributed by atoms with Crippen LogP contribution in [0.3, 0.4) is 0 Å². The van der Waals surface area contributed by atoms with Crippen LogP contribution < -0.4 is 5.32 Å². The highest BCUT2D eigenvalue weighted by Crippen LogP contribution is 2.18. The molecule has 0 spiro atoms. The van der Waals surface area contributed by atoms with E-state index in [1.807, 2.05) is 50.2 Å². The highest BCUT2D eigenvalue weighted by atomic mass is 35.5. The first-order chi connectivity index (χ1) is 12.0. The van der Waals surface area contributed by atoms with Gasteiger partial charge in [0.15, 0.2) is 0 Å². The van der Waals surface area contributed by atoms with Crippen LogP contribution in [-0.2, 0) is 22.6 Å². The summed E-state index contributed by atoms with van der Waals surface area (Å²) < 4.78 is 5.48. The van der Waals surface area contributed by atoms with Crippen molar-refractivity contribution in [2.75, 3.05) is 5.32 Å². The van der Waals surface area contributed by atoms with Crippen molar-refractivity contribution in [2.45, 2.75) is 32.9 Å². The summed E-state index contributed by atoms with van der Waals surface area (Å²) in [5.74, 6) is 2.41. The van der Waals surface area contributed by atoms with Crippen LogP contribution in [-0.4, -0.2) is 12.0 Å². The predicted molar refractivity (Wildman–Crippen MR) is 102 cm³/mol. The molecule has 0 radical (unpaired) electrons. The molecule has 0 saturated carbocycles. The average Bonchev–Trinajstić information content (AvgIpc) is 2.60. The lowest BCUT2D eigenvalue weighted by Gasteiger charge is -2.22. The number of esters is 1. The molecule has 0 fully saturated rings. The standard InChI is InChI=1S/C21H22ClNO2/c1-4-5-16-6-8-17(9-7-16)14-25-21(24)20(15(2)3)23-19-12-10-18(22)11-13-19/h1,6-13,15,20,23H,5,14H2,2-3H3/t20-/m0/s1. The summed E-state index contributed by atoms with van der Waals surface area (Å²) in [7, 11) is 0. The summed E-state index contributed by atoms with van der Waals surface area (Å²) >= 11 is 5.89. The highest BCUT2D eigenvalue weighted by Gasteiger charge is 2.23. The maximum atomic E-state index is 12.5. The first-order valence-corrected chi connectivity index (χ1v) is 8.57. The first kappa shape index (κ1) is 18.9. The van der Waals surface area contributed by atoms with Crippen molar-refractivity contribution in [3.63, 3.8) is 0 Å². The lowest BCUT2D eigenvalue weighted by Crippen LogP contribution is -2.36. The van der Waals surface area contributed by atoms with E-state index in [0.717, 1.165) is 16.8 Å². The molecule has 2 aromatic rings. The Balaban J connectivity index is 1.95. The fraction of sp³-hybridized carbons (Fsp3) is 0.286. The molecule has 0 aromatic heterocycles. The zero-order chi connectivity index (χ0) is 18.2. The van der Waals surface area contributed by atoms with Gasteiger partial charge in [-0.2, -0.15) is 0 Å². The second-order valence-corrected chi connectivity index (χ2v) is 6.61. The van der Waals surface area contributed by atoms with Crippen LogP contribution in [0, 0.1) is 18.3 Å². The number of rotatable bonds is 7. The molecule has 0 bridgehead atoms. The van der Waals surface area contributed by atoms with Crippen LogP contribution >= 0.6 is 11.6 Å². The molecule has 0 saturated heterocycles. The van der Waals surface area contributed by atoms with Crippen molar-refractivity contribution in [3.8, 4) is 12.3 Å². The zero-order valence-electron chi connectivity index (χ0n) is 14.5. The van der Waals surface area contributed by atoms with Gasteiger partial charge < -0.3 is 10.1 Å². The normalized spacial score (nSPS) is 11.6. The summed E-state index contributed by atoms with van der Waals surface area (Å²) in [4.78, 5) is 12.5. The number of benzene rings is 2. The van der Waals surface area contributed by atoms with Crippen LogP contribution in [0.4, 0.5) is 5.69 Å². The Morgan fingerprint density at radius 2 is 1.72 bits per heavy atom. The van der Waals surface area contributed by atoms with Gasteiger partial charge in [-0.05, 0) is 41.3 Å². The Morgan fingerprint density at radius 1 is 1.12 bits per heavy atom. The summed E-state index contributed by atoms with van der Waals surface area (Å²) in [6.07, 6.45) is 5.89. The van der Waals surface area contributed by atoms with Crippen molar-refractivity contribution in [1.29, 1.82) is 0 Å². The fourth-order valence-electron chi connectivity index (χ4n) is 2.34. The van der Waals surface area contributed by atoms with Gasteiger partial charge >= 0.3 is 5.97 Å². The van der Waals surface area contributed by atoms with Crippen molar-refractivity contribution in [3.05, 3.63) is 64.7 Å². The van der Waals surface area contributed by atoms with Gasteiger partial charge in [0.2, 0.25) is 0 Å². The summed E-state index contributed by atoms with van der Waals surface area (Å²) in [5, 5.41) is 3.87. The Labute approximate surface area is 154 Å². The number of hydrogen-bond donors (Lipinski definition) is 1. The molecule has 0 aliphatic rings. The number of carbonyl (C=O) groups excluding carboxylic acids is 1. The molecule has 4 heteroatoms. The van der Waals surface area contributed by atoms with Gasteiger partial charge in [-0.1, -0.05) is 49.7 Å². The Kier molecular flexibility index (Phi) is 6.91. The monoisotopic (exact) mass is 355 g/mol. The molecule has 3 nitrogen and oxygen atoms in total. The second kappa shape index (κ2) is 9.15. The lowest BCUT2D eigenvalue weighted by atomic mass is 10.0. The van der Waals surface area contributed by atoms with E-state index >= 15 is 0 Å². The molecule has 25 heavy (non-hydrogen) atoms. The number of hydrogen-bond acceptors (Lipinski definition) is 3. The maximum absolute atomic E-state index is 12.5. The third-order valence-corrected chi connectivity index (χ3v) is 4.05. The van der Waals surface area contributed by atoms with E-state index in [9.17, 15) is 4.79 Å². The van der Waals surface area contributed by atoms with Gasteiger partial charge in [0.25, 0.3) is 0 Å². The highest BCUT2D eigenvalue weighted by molar-refractivity contribution is 6.30. The minimum atomic E-state index is -0.429. The second-order valence-electron chi connectivity index (χ2n) is 6.18. The van der Waals surface area contributed by atoms with Gasteiger partial charge in [0.05, 0.1) is 0 Å². The number of nitrogens with one attached hydrogen (secondary N) is 1.